The minimum absolute atomic E-state index is 0.120. The second kappa shape index (κ2) is 7.74. The molecule has 18 heavy (non-hydrogen) atoms. The second-order valence-corrected chi connectivity index (χ2v) is 5.37. The Morgan fingerprint density at radius 3 is 2.67 bits per heavy atom. The first-order valence-corrected chi connectivity index (χ1v) is 7.20. The van der Waals surface area contributed by atoms with Crippen LogP contribution in [0.1, 0.15) is 34.1 Å². The monoisotopic (exact) mass is 256 g/mol. The summed E-state index contributed by atoms with van der Waals surface area (Å²) in [4.78, 5) is 14.2. The summed E-state index contributed by atoms with van der Waals surface area (Å²) in [6.07, 6.45) is 1.23. The lowest BCUT2D eigenvalue weighted by molar-refractivity contribution is -0.146. The molecule has 1 saturated heterocycles. The number of nitrogens with zero attached hydrogens (tertiary/aromatic N) is 1. The average Bonchev–Trinajstić information content (AvgIpc) is 2.33. The highest BCUT2D eigenvalue weighted by Gasteiger charge is 2.27. The van der Waals surface area contributed by atoms with Crippen LogP contribution in [0, 0.1) is 11.8 Å². The number of piperidine rings is 1. The van der Waals surface area contributed by atoms with Gasteiger partial charge < -0.3 is 15.0 Å². The predicted molar refractivity (Wildman–Crippen MR) is 73.5 cm³/mol. The van der Waals surface area contributed by atoms with E-state index >= 15 is 0 Å². The molecule has 0 amide bonds. The summed E-state index contributed by atoms with van der Waals surface area (Å²) in [7, 11) is 0. The molecule has 0 aliphatic carbocycles. The molecule has 0 bridgehead atoms. The molecule has 0 aromatic carbocycles. The highest BCUT2D eigenvalue weighted by molar-refractivity contribution is 5.76. The van der Waals surface area contributed by atoms with Gasteiger partial charge in [-0.3, -0.25) is 4.79 Å². The molecule has 3 atom stereocenters. The van der Waals surface area contributed by atoms with Gasteiger partial charge in [0.2, 0.25) is 0 Å². The maximum Gasteiger partial charge on any atom is 0.324 e. The number of ether oxygens (including phenoxy) is 1. The van der Waals surface area contributed by atoms with Crippen LogP contribution in [-0.2, 0) is 9.53 Å². The van der Waals surface area contributed by atoms with E-state index in [0.717, 1.165) is 32.1 Å². The summed E-state index contributed by atoms with van der Waals surface area (Å²) in [6.45, 7) is 12.7. The first kappa shape index (κ1) is 15.4. The van der Waals surface area contributed by atoms with Gasteiger partial charge in [0.05, 0.1) is 6.61 Å². The third-order valence-electron chi connectivity index (χ3n) is 3.88. The van der Waals surface area contributed by atoms with Gasteiger partial charge in [-0.15, -0.1) is 0 Å². The SMILES string of the molecule is CCNC(CN1CCC(C)C(C)C1)C(=O)OCC. The zero-order valence-electron chi connectivity index (χ0n) is 12.2. The van der Waals surface area contributed by atoms with E-state index in [-0.39, 0.29) is 12.0 Å². The van der Waals surface area contributed by atoms with E-state index in [1.165, 1.54) is 6.42 Å². The molecule has 4 nitrogen and oxygen atoms in total. The van der Waals surface area contributed by atoms with Crippen molar-refractivity contribution in [1.82, 2.24) is 10.2 Å². The Morgan fingerprint density at radius 1 is 1.39 bits per heavy atom. The normalized spacial score (nSPS) is 26.9. The van der Waals surface area contributed by atoms with Crippen molar-refractivity contribution in [2.45, 2.75) is 40.2 Å². The van der Waals surface area contributed by atoms with Crippen LogP contribution < -0.4 is 5.32 Å². The Kier molecular flexibility index (Phi) is 6.65. The fourth-order valence-electron chi connectivity index (χ4n) is 2.48. The van der Waals surface area contributed by atoms with E-state index in [0.29, 0.717) is 12.5 Å². The van der Waals surface area contributed by atoms with Crippen LogP contribution in [0.2, 0.25) is 0 Å². The molecule has 3 unspecified atom stereocenters. The van der Waals surface area contributed by atoms with Gasteiger partial charge in [-0.05, 0) is 38.3 Å². The van der Waals surface area contributed by atoms with Gasteiger partial charge in [-0.2, -0.15) is 0 Å². The smallest absolute Gasteiger partial charge is 0.324 e. The molecule has 0 aromatic rings. The summed E-state index contributed by atoms with van der Waals surface area (Å²) in [6, 6.07) is -0.185. The van der Waals surface area contributed by atoms with E-state index in [1.807, 2.05) is 13.8 Å². The summed E-state index contributed by atoms with van der Waals surface area (Å²) < 4.78 is 5.12. The van der Waals surface area contributed by atoms with Crippen molar-refractivity contribution in [2.75, 3.05) is 32.8 Å². The summed E-state index contributed by atoms with van der Waals surface area (Å²) >= 11 is 0. The molecule has 1 N–H and O–H groups in total. The lowest BCUT2D eigenvalue weighted by Crippen LogP contribution is -2.50. The number of hydrogen-bond donors (Lipinski definition) is 1. The Labute approximate surface area is 111 Å². The van der Waals surface area contributed by atoms with Crippen molar-refractivity contribution in [3.05, 3.63) is 0 Å². The maximum atomic E-state index is 11.8. The van der Waals surface area contributed by atoms with E-state index in [4.69, 9.17) is 4.74 Å². The van der Waals surface area contributed by atoms with Crippen molar-refractivity contribution in [3.8, 4) is 0 Å². The minimum Gasteiger partial charge on any atom is -0.465 e. The Balaban J connectivity index is 2.47. The molecule has 0 saturated carbocycles. The number of carbonyl (C=O) groups is 1. The third-order valence-corrected chi connectivity index (χ3v) is 3.88. The number of rotatable bonds is 6. The lowest BCUT2D eigenvalue weighted by atomic mass is 9.88. The molecule has 1 fully saturated rings. The molecule has 0 aromatic heterocycles. The summed E-state index contributed by atoms with van der Waals surface area (Å²) in [5.41, 5.74) is 0. The maximum absolute atomic E-state index is 11.8. The number of likely N-dealkylation sites (tertiary alicyclic amines) is 1. The number of esters is 1. The molecular weight excluding hydrogens is 228 g/mol. The average molecular weight is 256 g/mol. The van der Waals surface area contributed by atoms with Gasteiger partial charge in [0.1, 0.15) is 6.04 Å². The predicted octanol–water partition coefficient (Wildman–Crippen LogP) is 1.51. The molecule has 1 rings (SSSR count). The van der Waals surface area contributed by atoms with Crippen molar-refractivity contribution in [3.63, 3.8) is 0 Å². The molecule has 1 aliphatic rings. The fourth-order valence-corrected chi connectivity index (χ4v) is 2.48. The second-order valence-electron chi connectivity index (χ2n) is 5.37. The van der Waals surface area contributed by atoms with Gasteiger partial charge in [-0.1, -0.05) is 20.8 Å². The highest BCUT2D eigenvalue weighted by atomic mass is 16.5. The standard InChI is InChI=1S/C14H28N2O2/c1-5-15-13(14(17)18-6-2)10-16-8-7-11(3)12(4)9-16/h11-13,15H,5-10H2,1-4H3. The number of hydrogen-bond acceptors (Lipinski definition) is 4. The first-order valence-electron chi connectivity index (χ1n) is 7.20. The Hall–Kier alpha value is -0.610. The van der Waals surface area contributed by atoms with Crippen LogP contribution in [0.25, 0.3) is 0 Å². The van der Waals surface area contributed by atoms with Crippen molar-refractivity contribution in [2.24, 2.45) is 11.8 Å². The number of nitrogens with one attached hydrogen (secondary N) is 1. The summed E-state index contributed by atoms with van der Waals surface area (Å²) in [5.74, 6) is 1.38. The minimum atomic E-state index is -0.185. The number of carbonyl (C=O) groups excluding carboxylic acids is 1. The Morgan fingerprint density at radius 2 is 2.11 bits per heavy atom. The van der Waals surface area contributed by atoms with Crippen LogP contribution in [0.5, 0.6) is 0 Å². The molecule has 4 heteroatoms. The molecule has 106 valence electrons. The zero-order valence-corrected chi connectivity index (χ0v) is 12.2. The fraction of sp³-hybridized carbons (Fsp3) is 0.929. The molecule has 1 aliphatic heterocycles. The van der Waals surface area contributed by atoms with Crippen molar-refractivity contribution in [1.29, 1.82) is 0 Å². The van der Waals surface area contributed by atoms with Crippen LogP contribution in [0.3, 0.4) is 0 Å². The van der Waals surface area contributed by atoms with Gasteiger partial charge in [0.15, 0.2) is 0 Å². The van der Waals surface area contributed by atoms with Crippen molar-refractivity contribution < 1.29 is 9.53 Å². The largest absolute Gasteiger partial charge is 0.465 e. The van der Waals surface area contributed by atoms with E-state index < -0.39 is 0 Å². The quantitative estimate of drug-likeness (QED) is 0.731. The third kappa shape index (κ3) is 4.58. The van der Waals surface area contributed by atoms with Crippen LogP contribution >= 0.6 is 0 Å². The zero-order chi connectivity index (χ0) is 13.5. The number of likely N-dealkylation sites (N-methyl/N-ethyl adjacent to an activating group) is 1. The Bertz CT molecular complexity index is 258. The molecular formula is C14H28N2O2. The lowest BCUT2D eigenvalue weighted by Gasteiger charge is -2.36. The van der Waals surface area contributed by atoms with Crippen LogP contribution in [0.15, 0.2) is 0 Å². The van der Waals surface area contributed by atoms with E-state index in [1.54, 1.807) is 0 Å². The van der Waals surface area contributed by atoms with Gasteiger partial charge in [0.25, 0.3) is 0 Å². The molecule has 0 spiro atoms. The first-order chi connectivity index (χ1) is 8.58. The van der Waals surface area contributed by atoms with Crippen LogP contribution in [0.4, 0.5) is 0 Å². The highest BCUT2D eigenvalue weighted by Crippen LogP contribution is 2.22. The topological polar surface area (TPSA) is 41.6 Å². The van der Waals surface area contributed by atoms with E-state index in [2.05, 4.69) is 24.1 Å². The van der Waals surface area contributed by atoms with Gasteiger partial charge in [-0.25, -0.2) is 0 Å². The van der Waals surface area contributed by atoms with Crippen LogP contribution in [-0.4, -0.2) is 49.7 Å². The summed E-state index contributed by atoms with van der Waals surface area (Å²) in [5, 5.41) is 3.22. The van der Waals surface area contributed by atoms with E-state index in [9.17, 15) is 4.79 Å². The van der Waals surface area contributed by atoms with Gasteiger partial charge in [0, 0.05) is 13.1 Å². The molecule has 1 heterocycles. The molecule has 0 radical (unpaired) electrons. The van der Waals surface area contributed by atoms with Gasteiger partial charge >= 0.3 is 5.97 Å². The van der Waals surface area contributed by atoms with Crippen molar-refractivity contribution >= 4 is 5.97 Å².